The Kier molecular flexibility index (Phi) is 4.83. The summed E-state index contributed by atoms with van der Waals surface area (Å²) in [6.45, 7) is 1.97. The van der Waals surface area contributed by atoms with Gasteiger partial charge in [0.15, 0.2) is 5.82 Å². The molecule has 2 N–H and O–H groups in total. The highest BCUT2D eigenvalue weighted by atomic mass is 35.5. The van der Waals surface area contributed by atoms with Crippen LogP contribution in [0.25, 0.3) is 11.4 Å². The second kappa shape index (κ2) is 7.06. The molecule has 0 aliphatic rings. The Bertz CT molecular complexity index is 1070. The SMILES string of the molecule is Cc1ccc(-c2n[nH]c(=S)n2/N=C\c2cc(Cl)cc([N+](=O)[O-])c2O)cc1. The first kappa shape index (κ1) is 17.8. The quantitative estimate of drug-likeness (QED) is 0.302. The normalized spacial score (nSPS) is 11.2. The van der Waals surface area contributed by atoms with Crippen molar-refractivity contribution in [2.45, 2.75) is 6.92 Å². The summed E-state index contributed by atoms with van der Waals surface area (Å²) in [5.41, 5.74) is 1.45. The van der Waals surface area contributed by atoms with Crippen LogP contribution < -0.4 is 0 Å². The number of phenolic OH excluding ortho intramolecular Hbond substituents is 1. The van der Waals surface area contributed by atoms with Crippen molar-refractivity contribution < 1.29 is 10.0 Å². The van der Waals surface area contributed by atoms with Crippen molar-refractivity contribution in [1.82, 2.24) is 14.9 Å². The smallest absolute Gasteiger partial charge is 0.312 e. The first-order chi connectivity index (χ1) is 12.4. The number of aryl methyl sites for hydroxylation is 1. The molecule has 132 valence electrons. The molecule has 2 aromatic carbocycles. The number of nitro groups is 1. The number of hydrogen-bond donors (Lipinski definition) is 2. The van der Waals surface area contributed by atoms with E-state index in [0.717, 1.165) is 17.2 Å². The standard InChI is InChI=1S/C16H12ClN5O3S/c1-9-2-4-10(5-3-9)15-19-20-16(26)21(15)18-8-11-6-12(17)7-13(14(11)23)22(24)25/h2-8,23H,1H3,(H,20,26)/b18-8-. The second-order valence-electron chi connectivity index (χ2n) is 5.39. The summed E-state index contributed by atoms with van der Waals surface area (Å²) in [4.78, 5) is 10.3. The Hall–Kier alpha value is -3.04. The molecule has 3 aromatic rings. The summed E-state index contributed by atoms with van der Waals surface area (Å²) < 4.78 is 1.58. The maximum absolute atomic E-state index is 11.0. The lowest BCUT2D eigenvalue weighted by atomic mass is 10.1. The molecule has 1 aromatic heterocycles. The molecule has 10 heteroatoms. The lowest BCUT2D eigenvalue weighted by Gasteiger charge is -2.03. The Morgan fingerprint density at radius 1 is 1.38 bits per heavy atom. The van der Waals surface area contributed by atoms with Gasteiger partial charge in [-0.1, -0.05) is 41.4 Å². The van der Waals surface area contributed by atoms with Crippen LogP contribution in [-0.4, -0.2) is 31.1 Å². The van der Waals surface area contributed by atoms with Gasteiger partial charge in [-0.15, -0.1) is 0 Å². The van der Waals surface area contributed by atoms with Gasteiger partial charge in [0.1, 0.15) is 0 Å². The van der Waals surface area contributed by atoms with Gasteiger partial charge in [0, 0.05) is 22.2 Å². The third kappa shape index (κ3) is 3.48. The number of rotatable bonds is 4. The number of nitrogens with zero attached hydrogens (tertiary/aromatic N) is 4. The van der Waals surface area contributed by atoms with Gasteiger partial charge in [0.05, 0.1) is 11.1 Å². The van der Waals surface area contributed by atoms with Crippen molar-refractivity contribution in [3.63, 3.8) is 0 Å². The number of nitrogens with one attached hydrogen (secondary N) is 1. The molecule has 0 amide bonds. The highest BCUT2D eigenvalue weighted by Gasteiger charge is 2.18. The molecule has 0 radical (unpaired) electrons. The number of aromatic nitrogens is 3. The van der Waals surface area contributed by atoms with E-state index in [1.165, 1.54) is 17.0 Å². The van der Waals surface area contributed by atoms with Crippen LogP contribution in [0.3, 0.4) is 0 Å². The van der Waals surface area contributed by atoms with Gasteiger partial charge in [-0.2, -0.15) is 14.9 Å². The van der Waals surface area contributed by atoms with E-state index >= 15 is 0 Å². The molecular weight excluding hydrogens is 378 g/mol. The summed E-state index contributed by atoms with van der Waals surface area (Å²) in [6, 6.07) is 10.0. The summed E-state index contributed by atoms with van der Waals surface area (Å²) in [7, 11) is 0. The highest BCUT2D eigenvalue weighted by Crippen LogP contribution is 2.32. The van der Waals surface area contributed by atoms with Crippen LogP contribution in [0, 0.1) is 21.8 Å². The Morgan fingerprint density at radius 3 is 2.73 bits per heavy atom. The Labute approximate surface area is 157 Å². The molecule has 0 bridgehead atoms. The second-order valence-corrected chi connectivity index (χ2v) is 6.22. The number of phenols is 1. The minimum Gasteiger partial charge on any atom is -0.502 e. The van der Waals surface area contributed by atoms with Gasteiger partial charge in [0.2, 0.25) is 10.5 Å². The molecule has 0 saturated carbocycles. The molecule has 0 unspecified atom stereocenters. The van der Waals surface area contributed by atoms with E-state index in [1.807, 2.05) is 31.2 Å². The van der Waals surface area contributed by atoms with Crippen molar-refractivity contribution in [2.75, 3.05) is 0 Å². The van der Waals surface area contributed by atoms with Crippen LogP contribution in [0.4, 0.5) is 5.69 Å². The Morgan fingerprint density at radius 2 is 2.08 bits per heavy atom. The molecule has 1 heterocycles. The molecular formula is C16H12ClN5O3S. The predicted molar refractivity (Wildman–Crippen MR) is 100 cm³/mol. The van der Waals surface area contributed by atoms with E-state index < -0.39 is 16.4 Å². The van der Waals surface area contributed by atoms with E-state index in [1.54, 1.807) is 0 Å². The zero-order valence-corrected chi connectivity index (χ0v) is 15.0. The van der Waals surface area contributed by atoms with Gasteiger partial charge in [-0.25, -0.2) is 5.10 Å². The third-order valence-corrected chi connectivity index (χ3v) is 4.04. The summed E-state index contributed by atoms with van der Waals surface area (Å²) >= 11 is 11.1. The van der Waals surface area contributed by atoms with Gasteiger partial charge in [0.25, 0.3) is 0 Å². The van der Waals surface area contributed by atoms with Crippen LogP contribution in [0.5, 0.6) is 5.75 Å². The van der Waals surface area contributed by atoms with Crippen LogP contribution >= 0.6 is 23.8 Å². The molecule has 26 heavy (non-hydrogen) atoms. The molecule has 0 spiro atoms. The molecule has 3 rings (SSSR count). The summed E-state index contributed by atoms with van der Waals surface area (Å²) in [5, 5.41) is 32.1. The fourth-order valence-corrected chi connectivity index (χ4v) is 2.65. The Balaban J connectivity index is 2.05. The molecule has 0 aliphatic carbocycles. The van der Waals surface area contributed by atoms with E-state index in [0.29, 0.717) is 5.82 Å². The van der Waals surface area contributed by atoms with Crippen molar-refractivity contribution in [2.24, 2.45) is 5.10 Å². The molecule has 0 saturated heterocycles. The minimum atomic E-state index is -0.722. The minimum absolute atomic E-state index is 0.0853. The number of nitro benzene ring substituents is 1. The number of H-pyrrole nitrogens is 1. The average molecular weight is 390 g/mol. The van der Waals surface area contributed by atoms with Crippen molar-refractivity contribution in [3.05, 3.63) is 67.4 Å². The number of hydrogen-bond acceptors (Lipinski definition) is 6. The fourth-order valence-electron chi connectivity index (χ4n) is 2.25. The average Bonchev–Trinajstić information content (AvgIpc) is 2.96. The summed E-state index contributed by atoms with van der Waals surface area (Å²) in [5.74, 6) is -0.0719. The number of benzene rings is 2. The third-order valence-electron chi connectivity index (χ3n) is 3.55. The first-order valence-electron chi connectivity index (χ1n) is 7.32. The van der Waals surface area contributed by atoms with Crippen LogP contribution in [-0.2, 0) is 0 Å². The van der Waals surface area contributed by atoms with Crippen LogP contribution in [0.1, 0.15) is 11.1 Å². The largest absolute Gasteiger partial charge is 0.502 e. The van der Waals surface area contributed by atoms with Gasteiger partial charge in [-0.3, -0.25) is 10.1 Å². The monoisotopic (exact) mass is 389 g/mol. The van der Waals surface area contributed by atoms with Crippen molar-refractivity contribution >= 4 is 35.7 Å². The zero-order valence-electron chi connectivity index (χ0n) is 13.4. The predicted octanol–water partition coefficient (Wildman–Crippen LogP) is 4.07. The molecule has 0 aliphatic heterocycles. The van der Waals surface area contributed by atoms with E-state index in [2.05, 4.69) is 15.3 Å². The van der Waals surface area contributed by atoms with E-state index in [-0.39, 0.29) is 15.4 Å². The van der Waals surface area contributed by atoms with Crippen LogP contribution in [0.15, 0.2) is 41.5 Å². The maximum atomic E-state index is 11.0. The van der Waals surface area contributed by atoms with Gasteiger partial charge in [-0.05, 0) is 25.2 Å². The van der Waals surface area contributed by atoms with E-state index in [9.17, 15) is 15.2 Å². The number of halogens is 1. The molecule has 0 fully saturated rings. The topological polar surface area (TPSA) is 109 Å². The maximum Gasteiger partial charge on any atom is 0.312 e. The molecule has 8 nitrogen and oxygen atoms in total. The molecule has 0 atom stereocenters. The van der Waals surface area contributed by atoms with Crippen molar-refractivity contribution in [3.8, 4) is 17.1 Å². The lowest BCUT2D eigenvalue weighted by Crippen LogP contribution is -1.97. The summed E-state index contributed by atoms with van der Waals surface area (Å²) in [6.07, 6.45) is 1.23. The fraction of sp³-hybridized carbons (Fsp3) is 0.0625. The van der Waals surface area contributed by atoms with E-state index in [4.69, 9.17) is 23.8 Å². The van der Waals surface area contributed by atoms with Gasteiger partial charge < -0.3 is 5.11 Å². The number of aromatic amines is 1. The first-order valence-corrected chi connectivity index (χ1v) is 8.11. The van der Waals surface area contributed by atoms with Gasteiger partial charge >= 0.3 is 5.69 Å². The highest BCUT2D eigenvalue weighted by molar-refractivity contribution is 7.71. The van der Waals surface area contributed by atoms with Crippen molar-refractivity contribution in [1.29, 1.82) is 0 Å². The number of aromatic hydroxyl groups is 1. The zero-order chi connectivity index (χ0) is 18.8. The lowest BCUT2D eigenvalue weighted by molar-refractivity contribution is -0.385. The van der Waals surface area contributed by atoms with Crippen LogP contribution in [0.2, 0.25) is 5.02 Å².